The molecule has 0 fully saturated rings. The number of para-hydroxylation sites is 1. The van der Waals surface area contributed by atoms with Crippen molar-refractivity contribution >= 4 is 114 Å². The number of benzene rings is 9. The predicted octanol–water partition coefficient (Wildman–Crippen LogP) is 12.0. The highest BCUT2D eigenvalue weighted by Gasteiger charge is 2.19. The van der Waals surface area contributed by atoms with Crippen LogP contribution in [0.3, 0.4) is 0 Å². The van der Waals surface area contributed by atoms with Gasteiger partial charge < -0.3 is 59.0 Å². The van der Waals surface area contributed by atoms with Crippen molar-refractivity contribution in [2.24, 2.45) is 5.18 Å². The highest BCUT2D eigenvalue weighted by molar-refractivity contribution is 6.15. The minimum atomic E-state index is -0.491. The Balaban J connectivity index is 0.000000174. The first-order chi connectivity index (χ1) is 35.2. The average Bonchev–Trinajstić information content (AvgIpc) is 3.39. The molecule has 0 aliphatic rings. The van der Waals surface area contributed by atoms with Crippen LogP contribution >= 0.6 is 0 Å². The van der Waals surface area contributed by atoms with Crippen molar-refractivity contribution in [3.05, 3.63) is 204 Å². The van der Waals surface area contributed by atoms with Gasteiger partial charge >= 0.3 is 0 Å². The zero-order chi connectivity index (χ0) is 52.4. The van der Waals surface area contributed by atoms with Gasteiger partial charge in [0.25, 0.3) is 11.8 Å². The van der Waals surface area contributed by atoms with Gasteiger partial charge in [0, 0.05) is 75.9 Å². The van der Waals surface area contributed by atoms with Crippen LogP contribution in [0.1, 0.15) is 34.6 Å². The third kappa shape index (κ3) is 13.5. The monoisotopic (exact) mass is 974 g/mol. The maximum Gasteiger partial charge on any atom is 0.259 e. The Hall–Kier alpha value is -10.2. The van der Waals surface area contributed by atoms with Gasteiger partial charge in [-0.3, -0.25) is 14.4 Å². The summed E-state index contributed by atoms with van der Waals surface area (Å²) in [4.78, 5) is 58.5. The number of nitrogens with two attached hydrogens (primary N) is 4. The molecular formula is C57H54N10O6. The fourth-order valence-electron chi connectivity index (χ4n) is 7.47. The number of aldehydes is 1. The molecule has 9 aromatic rings. The van der Waals surface area contributed by atoms with E-state index in [0.29, 0.717) is 27.8 Å². The number of rotatable bonds is 10. The highest BCUT2D eigenvalue weighted by Crippen LogP contribution is 2.37. The number of carbonyl (C=O) groups excluding carboxylic acids is 4. The number of hydrogen-bond acceptors (Lipinski definition) is 13. The number of anilines is 11. The number of fused-ring (bicyclic) bond motifs is 2. The lowest BCUT2D eigenvalue weighted by atomic mass is 10.0. The van der Waals surface area contributed by atoms with Gasteiger partial charge in [0.2, 0.25) is 5.91 Å². The molecule has 0 radical (unpaired) electrons. The van der Waals surface area contributed by atoms with Crippen molar-refractivity contribution in [3.8, 4) is 5.75 Å². The van der Waals surface area contributed by atoms with E-state index in [4.69, 9.17) is 27.7 Å². The van der Waals surface area contributed by atoms with Crippen LogP contribution in [0, 0.1) is 4.91 Å². The number of nitrogens with zero attached hydrogens (tertiary/aromatic N) is 2. The van der Waals surface area contributed by atoms with E-state index < -0.39 is 11.8 Å². The van der Waals surface area contributed by atoms with Crippen LogP contribution in [0.25, 0.3) is 21.5 Å². The lowest BCUT2D eigenvalue weighted by Crippen LogP contribution is -2.13. The Morgan fingerprint density at radius 2 is 0.932 bits per heavy atom. The molecule has 16 heteroatoms. The number of hydrogen-bond donors (Lipinski definition) is 9. The van der Waals surface area contributed by atoms with Gasteiger partial charge in [-0.05, 0) is 132 Å². The second-order valence-electron chi connectivity index (χ2n) is 16.0. The summed E-state index contributed by atoms with van der Waals surface area (Å²) in [6, 6.07) is 57.6. The van der Waals surface area contributed by atoms with Crippen molar-refractivity contribution in [1.82, 2.24) is 0 Å². The minimum Gasteiger partial charge on any atom is -0.505 e. The largest absolute Gasteiger partial charge is 0.505 e. The van der Waals surface area contributed by atoms with E-state index in [0.717, 1.165) is 51.2 Å². The predicted molar refractivity (Wildman–Crippen MR) is 298 cm³/mol. The Morgan fingerprint density at radius 3 is 1.42 bits per heavy atom. The SMILES string of the molecule is CC(=O)Nc1cccc(NC(=O)c2cc3ccccc3c(N)c2O)c1.CC=O.CNc1cccc(NC(=O)c2cc3ccccc3c(N)c2N=O)c1.Nc1ccc(N(c2ccccc2)c2ccc(N)cc2)cc1. The van der Waals surface area contributed by atoms with Crippen LogP contribution in [0.15, 0.2) is 193 Å². The molecule has 368 valence electrons. The van der Waals surface area contributed by atoms with Crippen LogP contribution < -0.4 is 49.1 Å². The smallest absolute Gasteiger partial charge is 0.259 e. The van der Waals surface area contributed by atoms with Crippen LogP contribution in [-0.2, 0) is 9.59 Å². The molecule has 0 atom stereocenters. The summed E-state index contributed by atoms with van der Waals surface area (Å²) >= 11 is 0. The summed E-state index contributed by atoms with van der Waals surface area (Å²) < 4.78 is 0. The number of aromatic hydroxyl groups is 1. The maximum atomic E-state index is 12.6. The number of carbonyl (C=O) groups is 4. The van der Waals surface area contributed by atoms with Gasteiger partial charge in [-0.2, -0.15) is 0 Å². The molecule has 0 spiro atoms. The molecule has 0 saturated heterocycles. The molecule has 0 saturated carbocycles. The van der Waals surface area contributed by atoms with Gasteiger partial charge in [0.05, 0.1) is 22.5 Å². The van der Waals surface area contributed by atoms with E-state index in [-0.39, 0.29) is 39.8 Å². The average molecular weight is 975 g/mol. The van der Waals surface area contributed by atoms with E-state index in [1.165, 1.54) is 13.8 Å². The van der Waals surface area contributed by atoms with Crippen LogP contribution in [0.4, 0.5) is 68.2 Å². The van der Waals surface area contributed by atoms with Gasteiger partial charge in [-0.25, -0.2) is 0 Å². The number of nitrogens with one attached hydrogen (secondary N) is 4. The fourth-order valence-corrected chi connectivity index (χ4v) is 7.47. The van der Waals surface area contributed by atoms with Crippen LogP contribution in [-0.4, -0.2) is 36.2 Å². The Kier molecular flexibility index (Phi) is 17.8. The number of amides is 3. The van der Waals surface area contributed by atoms with E-state index in [2.05, 4.69) is 43.5 Å². The summed E-state index contributed by atoms with van der Waals surface area (Å²) in [6.07, 6.45) is 0.750. The van der Waals surface area contributed by atoms with Crippen molar-refractivity contribution in [1.29, 1.82) is 0 Å². The second-order valence-corrected chi connectivity index (χ2v) is 16.0. The third-order valence-electron chi connectivity index (χ3n) is 10.9. The van der Waals surface area contributed by atoms with E-state index >= 15 is 0 Å². The molecule has 9 aromatic carbocycles. The third-order valence-corrected chi connectivity index (χ3v) is 10.9. The summed E-state index contributed by atoms with van der Waals surface area (Å²) in [5, 5.41) is 27.3. The van der Waals surface area contributed by atoms with E-state index in [1.807, 2.05) is 115 Å². The molecule has 0 aromatic heterocycles. The molecule has 0 aliphatic carbocycles. The van der Waals surface area contributed by atoms with Crippen LogP contribution in [0.5, 0.6) is 5.75 Å². The molecular weight excluding hydrogens is 921 g/mol. The quantitative estimate of drug-likeness (QED) is 0.0268. The molecule has 0 unspecified atom stereocenters. The van der Waals surface area contributed by atoms with Crippen LogP contribution in [0.2, 0.25) is 0 Å². The number of phenols is 1. The number of nitroso groups, excluding NO2 is 1. The summed E-state index contributed by atoms with van der Waals surface area (Å²) in [5.74, 6) is -1.39. The molecule has 16 nitrogen and oxygen atoms in total. The first-order valence-electron chi connectivity index (χ1n) is 22.6. The molecule has 73 heavy (non-hydrogen) atoms. The van der Waals surface area contributed by atoms with Gasteiger partial charge in [-0.15, -0.1) is 4.91 Å². The fraction of sp³-hybridized carbons (Fsp3) is 0.0526. The van der Waals surface area contributed by atoms with Crippen molar-refractivity contribution < 1.29 is 24.3 Å². The molecule has 0 heterocycles. The Labute approximate surface area is 421 Å². The highest BCUT2D eigenvalue weighted by atomic mass is 16.3. The molecule has 13 N–H and O–H groups in total. The standard InChI is InChI=1S/C19H17N3O3.C18H16N4O2.C18H17N3.C2H4O/c1-11(23)21-13-6-4-7-14(10-13)22-19(25)16-9-12-5-2-3-8-15(12)17(20)18(16)24;1-20-12-6-4-7-13(10-12)21-18(23)15-9-11-5-2-3-8-14(11)16(19)17(15)22-24;19-14-6-10-17(11-7-14)21(16-4-2-1-3-5-16)18-12-8-15(20)9-13-18;1-2-3/h2-10,24H,20H2,1H3,(H,21,23)(H,22,25);2-10,20H,19H2,1H3,(H,21,23);1-13H,19-20H2;2H,1H3. The zero-order valence-corrected chi connectivity index (χ0v) is 40.2. The minimum absolute atomic E-state index is 0.0454. The molecule has 0 aliphatic heterocycles. The van der Waals surface area contributed by atoms with Crippen molar-refractivity contribution in [3.63, 3.8) is 0 Å². The van der Waals surface area contributed by atoms with Gasteiger partial charge in [-0.1, -0.05) is 78.9 Å². The molecule has 9 rings (SSSR count). The zero-order valence-electron chi connectivity index (χ0n) is 40.2. The summed E-state index contributed by atoms with van der Waals surface area (Å²) in [6.45, 7) is 2.85. The Bertz CT molecular complexity index is 3340. The Morgan fingerprint density at radius 1 is 0.521 bits per heavy atom. The lowest BCUT2D eigenvalue weighted by molar-refractivity contribution is -0.114. The van der Waals surface area contributed by atoms with Gasteiger partial charge in [0.1, 0.15) is 12.0 Å². The first-order valence-corrected chi connectivity index (χ1v) is 22.6. The van der Waals surface area contributed by atoms with Crippen molar-refractivity contribution in [2.75, 3.05) is 56.1 Å². The summed E-state index contributed by atoms with van der Waals surface area (Å²) in [5.41, 5.74) is 31.3. The topological polar surface area (TPSA) is 273 Å². The number of nitrogen functional groups attached to an aromatic ring is 4. The van der Waals surface area contributed by atoms with Gasteiger partial charge in [0.15, 0.2) is 5.75 Å². The van der Waals surface area contributed by atoms with Crippen molar-refractivity contribution in [2.45, 2.75) is 13.8 Å². The van der Waals surface area contributed by atoms with E-state index in [9.17, 15) is 24.4 Å². The first kappa shape index (κ1) is 52.2. The van der Waals surface area contributed by atoms with E-state index in [1.54, 1.807) is 67.7 Å². The lowest BCUT2D eigenvalue weighted by Gasteiger charge is -2.25. The summed E-state index contributed by atoms with van der Waals surface area (Å²) in [7, 11) is 1.79. The normalized spacial score (nSPS) is 10.1. The maximum absolute atomic E-state index is 12.6. The number of phenolic OH excluding ortho intramolecular Hbond substituents is 1. The molecule has 3 amide bonds. The second kappa shape index (κ2) is 24.9. The molecule has 0 bridgehead atoms.